The molecule has 0 aliphatic carbocycles. The van der Waals surface area contributed by atoms with Crippen LogP contribution in [0.25, 0.3) is 10.4 Å². The second-order valence-corrected chi connectivity index (χ2v) is 8.86. The van der Waals surface area contributed by atoms with Crippen LogP contribution in [-0.2, 0) is 22.4 Å². The first-order valence-electron chi connectivity index (χ1n) is 10.2. The fraction of sp³-hybridized carbons (Fsp3) is 0.292. The van der Waals surface area contributed by atoms with Gasteiger partial charge in [-0.2, -0.15) is 0 Å². The molecule has 1 fully saturated rings. The second-order valence-electron chi connectivity index (χ2n) is 7.91. The first kappa shape index (κ1) is 20.3. The summed E-state index contributed by atoms with van der Waals surface area (Å²) in [6.45, 7) is 1.01. The molecule has 4 rings (SSSR count). The number of amides is 2. The minimum absolute atomic E-state index is 0.0138. The number of aromatic nitrogens is 1. The lowest BCUT2D eigenvalue weighted by molar-refractivity contribution is -0.139. The maximum atomic E-state index is 12.9. The number of hydrogen-bond donors (Lipinski definition) is 1. The quantitative estimate of drug-likeness (QED) is 0.662. The van der Waals surface area contributed by atoms with Crippen molar-refractivity contribution in [3.8, 4) is 10.4 Å². The molecular formula is C24H25N3O2S. The van der Waals surface area contributed by atoms with Crippen molar-refractivity contribution >= 4 is 23.2 Å². The fourth-order valence-electron chi connectivity index (χ4n) is 4.28. The summed E-state index contributed by atoms with van der Waals surface area (Å²) in [5.41, 5.74) is 8.30. The molecule has 0 unspecified atom stereocenters. The number of carbonyl (C=O) groups is 2. The third kappa shape index (κ3) is 4.28. The first-order valence-corrected chi connectivity index (χ1v) is 11.0. The molecule has 2 amide bonds. The SMILES string of the molecule is NC(=O)[C@]1(Cc2ccccc2-c2cccs2)CCCN(C(=O)Cc2cccnc2)C1. The molecule has 3 heterocycles. The number of nitrogens with two attached hydrogens (primary N) is 1. The lowest BCUT2D eigenvalue weighted by atomic mass is 9.73. The van der Waals surface area contributed by atoms with Crippen LogP contribution in [0.2, 0.25) is 0 Å². The number of hydrogen-bond acceptors (Lipinski definition) is 4. The highest BCUT2D eigenvalue weighted by Gasteiger charge is 2.42. The highest BCUT2D eigenvalue weighted by molar-refractivity contribution is 7.13. The summed E-state index contributed by atoms with van der Waals surface area (Å²) in [5.74, 6) is -0.317. The van der Waals surface area contributed by atoms with E-state index in [9.17, 15) is 9.59 Å². The standard InChI is InChI=1S/C24H25N3O2S/c25-23(29)24(15-19-7-1-2-8-20(19)21-9-4-13-30-21)10-5-12-27(17-24)22(28)14-18-6-3-11-26-16-18/h1-4,6-9,11,13,16H,5,10,12,14-15,17H2,(H2,25,29)/t24-/m0/s1. The average Bonchev–Trinajstić information content (AvgIpc) is 3.30. The maximum absolute atomic E-state index is 12.9. The smallest absolute Gasteiger partial charge is 0.227 e. The van der Waals surface area contributed by atoms with E-state index in [1.807, 2.05) is 30.3 Å². The van der Waals surface area contributed by atoms with Crippen LogP contribution in [0.1, 0.15) is 24.0 Å². The Bertz CT molecular complexity index is 1020. The largest absolute Gasteiger partial charge is 0.369 e. The van der Waals surface area contributed by atoms with Crippen molar-refractivity contribution in [2.24, 2.45) is 11.1 Å². The Morgan fingerprint density at radius 2 is 2.00 bits per heavy atom. The highest BCUT2D eigenvalue weighted by atomic mass is 32.1. The Hall–Kier alpha value is -2.99. The molecule has 6 heteroatoms. The summed E-state index contributed by atoms with van der Waals surface area (Å²) in [7, 11) is 0. The van der Waals surface area contributed by atoms with Gasteiger partial charge in [0.1, 0.15) is 0 Å². The highest BCUT2D eigenvalue weighted by Crippen LogP contribution is 2.37. The number of piperidine rings is 1. The van der Waals surface area contributed by atoms with Gasteiger partial charge in [0.15, 0.2) is 0 Å². The molecule has 3 aromatic rings. The number of carbonyl (C=O) groups excluding carboxylic acids is 2. The minimum atomic E-state index is -0.754. The lowest BCUT2D eigenvalue weighted by Gasteiger charge is -2.41. The number of primary amides is 1. The predicted molar refractivity (Wildman–Crippen MR) is 119 cm³/mol. The summed E-state index contributed by atoms with van der Waals surface area (Å²) in [5, 5.41) is 2.05. The van der Waals surface area contributed by atoms with E-state index in [2.05, 4.69) is 28.6 Å². The van der Waals surface area contributed by atoms with Crippen LogP contribution in [-0.4, -0.2) is 34.8 Å². The Balaban J connectivity index is 1.57. The Morgan fingerprint density at radius 1 is 1.13 bits per heavy atom. The molecule has 2 aromatic heterocycles. The van der Waals surface area contributed by atoms with Gasteiger partial charge in [0.05, 0.1) is 11.8 Å². The Kier molecular flexibility index (Phi) is 5.95. The van der Waals surface area contributed by atoms with Crippen LogP contribution < -0.4 is 5.73 Å². The van der Waals surface area contributed by atoms with E-state index in [-0.39, 0.29) is 18.2 Å². The van der Waals surface area contributed by atoms with Crippen LogP contribution in [0.4, 0.5) is 0 Å². The van der Waals surface area contributed by atoms with Gasteiger partial charge in [-0.1, -0.05) is 36.4 Å². The van der Waals surface area contributed by atoms with Gasteiger partial charge in [-0.25, -0.2) is 0 Å². The van der Waals surface area contributed by atoms with Crippen LogP contribution >= 0.6 is 11.3 Å². The van der Waals surface area contributed by atoms with Crippen molar-refractivity contribution in [2.75, 3.05) is 13.1 Å². The van der Waals surface area contributed by atoms with E-state index in [1.54, 1.807) is 28.6 Å². The summed E-state index contributed by atoms with van der Waals surface area (Å²) in [4.78, 5) is 32.7. The molecule has 1 aliphatic heterocycles. The van der Waals surface area contributed by atoms with Crippen molar-refractivity contribution in [1.29, 1.82) is 0 Å². The van der Waals surface area contributed by atoms with Gasteiger partial charge in [0.25, 0.3) is 0 Å². The van der Waals surface area contributed by atoms with E-state index in [4.69, 9.17) is 5.73 Å². The van der Waals surface area contributed by atoms with Gasteiger partial charge >= 0.3 is 0 Å². The molecule has 5 nitrogen and oxygen atoms in total. The molecule has 1 aromatic carbocycles. The normalized spacial score (nSPS) is 18.9. The number of rotatable bonds is 6. The predicted octanol–water partition coefficient (Wildman–Crippen LogP) is 3.69. The molecule has 0 saturated carbocycles. The third-order valence-corrected chi connectivity index (χ3v) is 6.77. The third-order valence-electron chi connectivity index (χ3n) is 5.86. The zero-order valence-electron chi connectivity index (χ0n) is 16.8. The number of likely N-dealkylation sites (tertiary alicyclic amines) is 1. The van der Waals surface area contributed by atoms with E-state index in [0.717, 1.165) is 23.1 Å². The summed E-state index contributed by atoms with van der Waals surface area (Å²) >= 11 is 1.68. The molecule has 0 radical (unpaired) electrons. The fourth-order valence-corrected chi connectivity index (χ4v) is 5.06. The van der Waals surface area contributed by atoms with Crippen molar-refractivity contribution in [1.82, 2.24) is 9.88 Å². The van der Waals surface area contributed by atoms with Gasteiger partial charge < -0.3 is 10.6 Å². The van der Waals surface area contributed by atoms with Crippen LogP contribution in [0.15, 0.2) is 66.3 Å². The van der Waals surface area contributed by atoms with Gasteiger partial charge in [-0.15, -0.1) is 11.3 Å². The van der Waals surface area contributed by atoms with E-state index < -0.39 is 5.41 Å². The monoisotopic (exact) mass is 419 g/mol. The number of pyridine rings is 1. The summed E-state index contributed by atoms with van der Waals surface area (Å²) in [6, 6.07) is 16.0. The topological polar surface area (TPSA) is 76.3 Å². The molecular weight excluding hydrogens is 394 g/mol. The number of thiophene rings is 1. The van der Waals surface area contributed by atoms with Crippen molar-refractivity contribution in [3.05, 3.63) is 77.4 Å². The van der Waals surface area contributed by atoms with Crippen molar-refractivity contribution < 1.29 is 9.59 Å². The van der Waals surface area contributed by atoms with Crippen LogP contribution in [0, 0.1) is 5.41 Å². The molecule has 1 atom stereocenters. The zero-order valence-corrected chi connectivity index (χ0v) is 17.6. The van der Waals surface area contributed by atoms with E-state index >= 15 is 0 Å². The molecule has 0 spiro atoms. The van der Waals surface area contributed by atoms with Gasteiger partial charge in [-0.05, 0) is 53.5 Å². The first-order chi connectivity index (χ1) is 14.6. The minimum Gasteiger partial charge on any atom is -0.369 e. The molecule has 1 saturated heterocycles. The van der Waals surface area contributed by atoms with Crippen LogP contribution in [0.5, 0.6) is 0 Å². The van der Waals surface area contributed by atoms with Gasteiger partial charge in [0, 0.05) is 30.4 Å². The van der Waals surface area contributed by atoms with E-state index in [0.29, 0.717) is 25.9 Å². The summed E-state index contributed by atoms with van der Waals surface area (Å²) in [6.07, 6.45) is 5.68. The molecule has 0 bridgehead atoms. The average molecular weight is 420 g/mol. The number of nitrogens with zero attached hydrogens (tertiary/aromatic N) is 2. The van der Waals surface area contributed by atoms with E-state index in [1.165, 1.54) is 4.88 Å². The second kappa shape index (κ2) is 8.79. The van der Waals surface area contributed by atoms with Crippen molar-refractivity contribution in [3.63, 3.8) is 0 Å². The lowest BCUT2D eigenvalue weighted by Crippen LogP contribution is -2.53. The molecule has 2 N–H and O–H groups in total. The zero-order chi connectivity index (χ0) is 21.0. The Morgan fingerprint density at radius 3 is 2.73 bits per heavy atom. The maximum Gasteiger partial charge on any atom is 0.227 e. The van der Waals surface area contributed by atoms with Crippen molar-refractivity contribution in [2.45, 2.75) is 25.7 Å². The van der Waals surface area contributed by atoms with Crippen LogP contribution in [0.3, 0.4) is 0 Å². The summed E-state index contributed by atoms with van der Waals surface area (Å²) < 4.78 is 0. The van der Waals surface area contributed by atoms with Gasteiger partial charge in [-0.3, -0.25) is 14.6 Å². The molecule has 1 aliphatic rings. The Labute approximate surface area is 180 Å². The number of benzene rings is 1. The van der Waals surface area contributed by atoms with Gasteiger partial charge in [0.2, 0.25) is 11.8 Å². The molecule has 154 valence electrons. The molecule has 30 heavy (non-hydrogen) atoms.